The fourth-order valence-corrected chi connectivity index (χ4v) is 2.82. The number of hydrogen-bond donors (Lipinski definition) is 2. The molecule has 2 rings (SSSR count). The summed E-state index contributed by atoms with van der Waals surface area (Å²) in [7, 11) is 7.50. The zero-order valence-corrected chi connectivity index (χ0v) is 19.6. The molecule has 0 unspecified atom stereocenters. The first-order chi connectivity index (χ1) is 13.5. The van der Waals surface area contributed by atoms with Gasteiger partial charge in [-0.25, -0.2) is 0 Å². The van der Waals surface area contributed by atoms with E-state index in [9.17, 15) is 9.59 Å². The highest BCUT2D eigenvalue weighted by Crippen LogP contribution is 2.07. The minimum absolute atomic E-state index is 0.442. The molecule has 28 heavy (non-hydrogen) atoms. The van der Waals surface area contributed by atoms with Crippen LogP contribution in [0.5, 0.6) is 0 Å². The van der Waals surface area contributed by atoms with Crippen LogP contribution in [0.3, 0.4) is 0 Å². The molecule has 0 aromatic rings. The Balaban J connectivity index is 0. The van der Waals surface area contributed by atoms with Crippen LogP contribution in [-0.2, 0) is 9.59 Å². The standard InChI is InChI=1S/2C9H17NO.2C2H7N/c2*1-2-3-6-10-7-4-9(11)5-8-10;2*1-3-2/h2*2-8H2,1H3;2*3H,1-2H3. The molecule has 0 radical (unpaired) electrons. The van der Waals surface area contributed by atoms with E-state index in [1.807, 2.05) is 28.2 Å². The Bertz CT molecular complexity index is 310. The quantitative estimate of drug-likeness (QED) is 0.714. The van der Waals surface area contributed by atoms with Gasteiger partial charge in [0.1, 0.15) is 11.6 Å². The lowest BCUT2D eigenvalue weighted by Crippen LogP contribution is -2.34. The monoisotopic (exact) mass is 400 g/mol. The minimum atomic E-state index is 0.442. The summed E-state index contributed by atoms with van der Waals surface area (Å²) >= 11 is 0. The van der Waals surface area contributed by atoms with Gasteiger partial charge in [0.25, 0.3) is 0 Å². The maximum atomic E-state index is 10.9. The van der Waals surface area contributed by atoms with Gasteiger partial charge < -0.3 is 20.4 Å². The molecule has 2 fully saturated rings. The van der Waals surface area contributed by atoms with Crippen molar-refractivity contribution in [3.8, 4) is 0 Å². The van der Waals surface area contributed by atoms with Crippen LogP contribution in [0.15, 0.2) is 0 Å². The second-order valence-electron chi connectivity index (χ2n) is 7.47. The van der Waals surface area contributed by atoms with Gasteiger partial charge >= 0.3 is 0 Å². The van der Waals surface area contributed by atoms with Crippen molar-refractivity contribution in [3.63, 3.8) is 0 Å². The van der Waals surface area contributed by atoms with Crippen molar-refractivity contribution in [2.24, 2.45) is 0 Å². The second kappa shape index (κ2) is 22.5. The number of piperidine rings is 2. The summed E-state index contributed by atoms with van der Waals surface area (Å²) in [5.74, 6) is 0.885. The van der Waals surface area contributed by atoms with E-state index in [1.54, 1.807) is 0 Å². The Morgan fingerprint density at radius 3 is 1.11 bits per heavy atom. The molecule has 2 N–H and O–H groups in total. The molecule has 6 nitrogen and oxygen atoms in total. The number of Topliss-reactive ketones (excluding diaryl/α,β-unsaturated/α-hetero) is 2. The third-order valence-electron chi connectivity index (χ3n) is 4.48. The number of nitrogens with zero attached hydrogens (tertiary/aromatic N) is 2. The average molecular weight is 401 g/mol. The highest BCUT2D eigenvalue weighted by atomic mass is 16.1. The van der Waals surface area contributed by atoms with Crippen LogP contribution in [0.1, 0.15) is 65.2 Å². The minimum Gasteiger partial charge on any atom is -0.323 e. The fourth-order valence-electron chi connectivity index (χ4n) is 2.82. The Morgan fingerprint density at radius 1 is 0.643 bits per heavy atom. The Hall–Kier alpha value is -0.820. The van der Waals surface area contributed by atoms with Gasteiger partial charge in [-0.05, 0) is 54.1 Å². The third kappa shape index (κ3) is 19.9. The van der Waals surface area contributed by atoms with E-state index in [0.29, 0.717) is 11.6 Å². The number of ketones is 2. The number of hydrogen-bond acceptors (Lipinski definition) is 6. The van der Waals surface area contributed by atoms with E-state index in [4.69, 9.17) is 0 Å². The van der Waals surface area contributed by atoms with Gasteiger partial charge in [-0.3, -0.25) is 9.59 Å². The lowest BCUT2D eigenvalue weighted by molar-refractivity contribution is -0.122. The van der Waals surface area contributed by atoms with Gasteiger partial charge in [-0.1, -0.05) is 26.7 Å². The third-order valence-corrected chi connectivity index (χ3v) is 4.48. The summed E-state index contributed by atoms with van der Waals surface area (Å²) < 4.78 is 0. The van der Waals surface area contributed by atoms with E-state index >= 15 is 0 Å². The van der Waals surface area contributed by atoms with Crippen molar-refractivity contribution >= 4 is 11.6 Å². The van der Waals surface area contributed by atoms with Crippen LogP contribution in [0.4, 0.5) is 0 Å². The van der Waals surface area contributed by atoms with Crippen LogP contribution in [0.25, 0.3) is 0 Å². The molecule has 0 atom stereocenters. The van der Waals surface area contributed by atoms with Crippen LogP contribution in [0, 0.1) is 0 Å². The molecule has 0 aliphatic carbocycles. The van der Waals surface area contributed by atoms with E-state index in [-0.39, 0.29) is 0 Å². The predicted octanol–water partition coefficient (Wildman–Crippen LogP) is 2.57. The number of carbonyl (C=O) groups is 2. The first-order valence-corrected chi connectivity index (χ1v) is 11.1. The molecule has 0 aromatic heterocycles. The molecule has 2 aliphatic heterocycles. The van der Waals surface area contributed by atoms with E-state index < -0.39 is 0 Å². The average Bonchev–Trinajstić information content (AvgIpc) is 2.69. The number of unbranched alkanes of at least 4 members (excludes halogenated alkanes) is 2. The molecule has 2 heterocycles. The van der Waals surface area contributed by atoms with Crippen molar-refractivity contribution in [1.29, 1.82) is 0 Å². The molecule has 2 aliphatic rings. The summed E-state index contributed by atoms with van der Waals surface area (Å²) in [6.45, 7) is 10.8. The SMILES string of the molecule is CCCCN1CCC(=O)CC1.CCCCN1CCC(=O)CC1.CNC.CNC. The molecule has 6 heteroatoms. The zero-order chi connectivity index (χ0) is 21.6. The lowest BCUT2D eigenvalue weighted by atomic mass is 10.1. The molecule has 168 valence electrons. The van der Waals surface area contributed by atoms with Crippen molar-refractivity contribution in [2.45, 2.75) is 65.2 Å². The van der Waals surface area contributed by atoms with Gasteiger partial charge in [-0.2, -0.15) is 0 Å². The van der Waals surface area contributed by atoms with E-state index in [0.717, 1.165) is 51.9 Å². The lowest BCUT2D eigenvalue weighted by Gasteiger charge is -2.25. The molecule has 0 spiro atoms. The van der Waals surface area contributed by atoms with Crippen molar-refractivity contribution < 1.29 is 9.59 Å². The zero-order valence-electron chi connectivity index (χ0n) is 19.6. The maximum Gasteiger partial charge on any atom is 0.135 e. The molecule has 0 aromatic carbocycles. The van der Waals surface area contributed by atoms with Crippen LogP contribution in [0.2, 0.25) is 0 Å². The maximum absolute atomic E-state index is 10.9. The molecule has 0 saturated carbocycles. The van der Waals surface area contributed by atoms with Crippen LogP contribution < -0.4 is 10.6 Å². The molecular weight excluding hydrogens is 352 g/mol. The van der Waals surface area contributed by atoms with Gasteiger partial charge in [0.15, 0.2) is 0 Å². The number of rotatable bonds is 6. The molecule has 0 amide bonds. The van der Waals surface area contributed by atoms with Crippen molar-refractivity contribution in [3.05, 3.63) is 0 Å². The normalized spacial score (nSPS) is 17.5. The highest BCUT2D eigenvalue weighted by molar-refractivity contribution is 5.79. The summed E-state index contributed by atoms with van der Waals surface area (Å²) in [5, 5.41) is 5.50. The summed E-state index contributed by atoms with van der Waals surface area (Å²) in [6.07, 6.45) is 8.18. The van der Waals surface area contributed by atoms with E-state index in [1.165, 1.54) is 38.8 Å². The van der Waals surface area contributed by atoms with Crippen molar-refractivity contribution in [2.75, 3.05) is 67.5 Å². The largest absolute Gasteiger partial charge is 0.323 e. The highest BCUT2D eigenvalue weighted by Gasteiger charge is 2.15. The summed E-state index contributed by atoms with van der Waals surface area (Å²) in [4.78, 5) is 26.5. The Kier molecular flexibility index (Phi) is 23.6. The van der Waals surface area contributed by atoms with Gasteiger partial charge in [0.2, 0.25) is 0 Å². The first-order valence-electron chi connectivity index (χ1n) is 11.1. The predicted molar refractivity (Wildman–Crippen MR) is 121 cm³/mol. The molecular formula is C22H48N4O2. The number of likely N-dealkylation sites (tertiary alicyclic amines) is 2. The van der Waals surface area contributed by atoms with Gasteiger partial charge in [-0.15, -0.1) is 0 Å². The Morgan fingerprint density at radius 2 is 0.893 bits per heavy atom. The van der Waals surface area contributed by atoms with Crippen LogP contribution >= 0.6 is 0 Å². The van der Waals surface area contributed by atoms with Gasteiger partial charge in [0.05, 0.1) is 0 Å². The Labute approximate surface area is 174 Å². The van der Waals surface area contributed by atoms with Crippen molar-refractivity contribution in [1.82, 2.24) is 20.4 Å². The summed E-state index contributed by atoms with van der Waals surface area (Å²) in [5.41, 5.74) is 0. The summed E-state index contributed by atoms with van der Waals surface area (Å²) in [6, 6.07) is 0. The second-order valence-corrected chi connectivity index (χ2v) is 7.47. The topological polar surface area (TPSA) is 64.7 Å². The smallest absolute Gasteiger partial charge is 0.135 e. The first kappa shape index (κ1) is 29.4. The van der Waals surface area contributed by atoms with E-state index in [2.05, 4.69) is 34.3 Å². The number of nitrogens with one attached hydrogen (secondary N) is 2. The molecule has 2 saturated heterocycles. The fraction of sp³-hybridized carbons (Fsp3) is 0.909. The van der Waals surface area contributed by atoms with Gasteiger partial charge in [0, 0.05) is 51.9 Å². The molecule has 0 bridgehead atoms. The number of carbonyl (C=O) groups excluding carboxylic acids is 2. The van der Waals surface area contributed by atoms with Crippen LogP contribution in [-0.4, -0.2) is 88.8 Å².